The molecule has 0 amide bonds. The zero-order valence-electron chi connectivity index (χ0n) is 6.33. The van der Waals surface area contributed by atoms with Crippen LogP contribution in [0, 0.1) is 6.07 Å². The van der Waals surface area contributed by atoms with Crippen LogP contribution in [0.4, 0.5) is 5.69 Å². The smallest absolute Gasteiger partial charge is 0.229 e. The van der Waals surface area contributed by atoms with E-state index in [2.05, 4.69) is 10.8 Å². The van der Waals surface area contributed by atoms with Crippen LogP contribution in [-0.2, 0) is 10.0 Å². The molecule has 12 heavy (non-hydrogen) atoms. The fourth-order valence-corrected chi connectivity index (χ4v) is 1.39. The third-order valence-electron chi connectivity index (χ3n) is 1.06. The second-order valence-corrected chi connectivity index (χ2v) is 4.48. The molecule has 0 aliphatic heterocycles. The second-order valence-electron chi connectivity index (χ2n) is 2.29. The lowest BCUT2D eigenvalue weighted by Crippen LogP contribution is -2.09. The van der Waals surface area contributed by atoms with Crippen molar-refractivity contribution in [3.63, 3.8) is 0 Å². The molecule has 1 radical (unpaired) electrons. The van der Waals surface area contributed by atoms with Gasteiger partial charge in [0, 0.05) is 11.1 Å². The minimum absolute atomic E-state index is 0.352. The molecule has 1 rings (SSSR count). The van der Waals surface area contributed by atoms with Crippen LogP contribution in [0.3, 0.4) is 0 Å². The van der Waals surface area contributed by atoms with E-state index in [9.17, 15) is 8.42 Å². The molecule has 5 heteroatoms. The summed E-state index contributed by atoms with van der Waals surface area (Å²) in [6, 6.07) is 7.35. The number of hydrogen-bond donors (Lipinski definition) is 1. The highest BCUT2D eigenvalue weighted by molar-refractivity contribution is 7.92. The van der Waals surface area contributed by atoms with Crippen LogP contribution < -0.4 is 4.72 Å². The van der Waals surface area contributed by atoms with Gasteiger partial charge in [0.25, 0.3) is 0 Å². The van der Waals surface area contributed by atoms with Crippen molar-refractivity contribution < 1.29 is 8.42 Å². The van der Waals surface area contributed by atoms with E-state index in [1.165, 1.54) is 6.07 Å². The molecule has 0 atom stereocenters. The summed E-state index contributed by atoms with van der Waals surface area (Å²) < 4.78 is 23.7. The second kappa shape index (κ2) is 3.33. The van der Waals surface area contributed by atoms with Gasteiger partial charge in [-0.3, -0.25) is 4.72 Å². The molecule has 0 saturated heterocycles. The predicted octanol–water partition coefficient (Wildman–Crippen LogP) is 1.51. The number of sulfonamides is 1. The van der Waals surface area contributed by atoms with Gasteiger partial charge in [0.1, 0.15) is 0 Å². The Kier molecular flexibility index (Phi) is 2.59. The van der Waals surface area contributed by atoms with Crippen LogP contribution >= 0.6 is 11.6 Å². The molecule has 1 aromatic rings. The van der Waals surface area contributed by atoms with E-state index >= 15 is 0 Å². The summed E-state index contributed by atoms with van der Waals surface area (Å²) in [5.74, 6) is 0. The molecule has 0 heterocycles. The Hall–Kier alpha value is -0.740. The van der Waals surface area contributed by atoms with Crippen LogP contribution in [0.1, 0.15) is 0 Å². The number of anilines is 1. The maximum atomic E-state index is 10.7. The van der Waals surface area contributed by atoms with Gasteiger partial charge in [-0.2, -0.15) is 0 Å². The Morgan fingerprint density at radius 2 is 2.25 bits per heavy atom. The summed E-state index contributed by atoms with van der Waals surface area (Å²) in [5.41, 5.74) is 0.352. The average Bonchev–Trinajstić information content (AvgIpc) is 1.82. The lowest BCUT2D eigenvalue weighted by molar-refractivity contribution is 0.607. The number of rotatable bonds is 2. The van der Waals surface area contributed by atoms with Gasteiger partial charge in [0.15, 0.2) is 0 Å². The zero-order chi connectivity index (χ0) is 9.19. The van der Waals surface area contributed by atoms with Crippen molar-refractivity contribution in [2.24, 2.45) is 0 Å². The first-order valence-corrected chi connectivity index (χ1v) is 5.39. The van der Waals surface area contributed by atoms with Gasteiger partial charge in [0.2, 0.25) is 10.0 Å². The van der Waals surface area contributed by atoms with Crippen LogP contribution in [-0.4, -0.2) is 14.7 Å². The van der Waals surface area contributed by atoms with E-state index in [0.29, 0.717) is 10.7 Å². The molecule has 0 fully saturated rings. The third kappa shape index (κ3) is 3.11. The molecule has 0 aliphatic rings. The van der Waals surface area contributed by atoms with Crippen molar-refractivity contribution >= 4 is 27.3 Å². The molecular weight excluding hydrogens is 198 g/mol. The summed E-state index contributed by atoms with van der Waals surface area (Å²) in [7, 11) is -3.23. The number of benzene rings is 1. The maximum Gasteiger partial charge on any atom is 0.229 e. The summed E-state index contributed by atoms with van der Waals surface area (Å²) in [5, 5.41) is 0.472. The number of hydrogen-bond acceptors (Lipinski definition) is 2. The number of nitrogens with one attached hydrogen (secondary N) is 1. The molecule has 0 aromatic heterocycles. The highest BCUT2D eigenvalue weighted by atomic mass is 35.5. The first kappa shape index (κ1) is 9.35. The van der Waals surface area contributed by atoms with Gasteiger partial charge in [-0.05, 0) is 12.1 Å². The Morgan fingerprint density at radius 1 is 1.58 bits per heavy atom. The van der Waals surface area contributed by atoms with Gasteiger partial charge >= 0.3 is 0 Å². The fraction of sp³-hybridized carbons (Fsp3) is 0.143. The maximum absolute atomic E-state index is 10.7. The molecule has 3 nitrogen and oxygen atoms in total. The summed E-state index contributed by atoms with van der Waals surface area (Å²) in [4.78, 5) is 0. The lowest BCUT2D eigenvalue weighted by Gasteiger charge is -2.01. The van der Waals surface area contributed by atoms with Gasteiger partial charge in [-0.25, -0.2) is 8.42 Å². The normalized spacial score (nSPS) is 11.2. The largest absolute Gasteiger partial charge is 0.283 e. The van der Waals surface area contributed by atoms with Gasteiger partial charge < -0.3 is 0 Å². The SMILES string of the molecule is CS(=O)(=O)Nc1[c]ccc(Cl)c1. The van der Waals surface area contributed by atoms with Crippen LogP contribution in [0.15, 0.2) is 18.2 Å². The minimum atomic E-state index is -3.23. The lowest BCUT2D eigenvalue weighted by atomic mass is 10.3. The highest BCUT2D eigenvalue weighted by Crippen LogP contribution is 2.14. The van der Waals surface area contributed by atoms with E-state index < -0.39 is 10.0 Å². The summed E-state index contributed by atoms with van der Waals surface area (Å²) in [6.45, 7) is 0. The number of halogens is 1. The molecule has 0 unspecified atom stereocenters. The first-order valence-electron chi connectivity index (χ1n) is 3.12. The Labute approximate surface area is 76.4 Å². The van der Waals surface area contributed by atoms with Crippen molar-refractivity contribution in [1.29, 1.82) is 0 Å². The molecule has 65 valence electrons. The monoisotopic (exact) mass is 204 g/mol. The molecule has 0 spiro atoms. The standard InChI is InChI=1S/C7H7ClNO2S/c1-12(10,11)9-7-4-2-3-6(8)5-7/h2-3,5,9H,1H3. The molecule has 0 aliphatic carbocycles. The molecule has 0 saturated carbocycles. The highest BCUT2D eigenvalue weighted by Gasteiger charge is 2.01. The van der Waals surface area contributed by atoms with E-state index in [1.54, 1.807) is 12.1 Å². The predicted molar refractivity (Wildman–Crippen MR) is 48.8 cm³/mol. The van der Waals surface area contributed by atoms with E-state index in [-0.39, 0.29) is 0 Å². The molecular formula is C7H7ClNO2S. The summed E-state index contributed by atoms with van der Waals surface area (Å²) >= 11 is 5.62. The van der Waals surface area contributed by atoms with Gasteiger partial charge in [-0.15, -0.1) is 0 Å². The molecule has 1 N–H and O–H groups in total. The third-order valence-corrected chi connectivity index (χ3v) is 1.88. The topological polar surface area (TPSA) is 46.2 Å². The van der Waals surface area contributed by atoms with Crippen molar-refractivity contribution in [2.75, 3.05) is 11.0 Å². The zero-order valence-corrected chi connectivity index (χ0v) is 7.91. The van der Waals surface area contributed by atoms with Gasteiger partial charge in [0.05, 0.1) is 11.9 Å². The van der Waals surface area contributed by atoms with Crippen LogP contribution in [0.2, 0.25) is 5.02 Å². The van der Waals surface area contributed by atoms with E-state index in [4.69, 9.17) is 11.6 Å². The van der Waals surface area contributed by atoms with Crippen LogP contribution in [0.5, 0.6) is 0 Å². The Morgan fingerprint density at radius 3 is 2.75 bits per heavy atom. The minimum Gasteiger partial charge on any atom is -0.283 e. The molecule has 0 bridgehead atoms. The fourth-order valence-electron chi connectivity index (χ4n) is 0.697. The molecule has 1 aromatic carbocycles. The quantitative estimate of drug-likeness (QED) is 0.794. The first-order chi connectivity index (χ1) is 5.47. The Balaban J connectivity index is 2.91. The van der Waals surface area contributed by atoms with E-state index in [1.807, 2.05) is 0 Å². The van der Waals surface area contributed by atoms with Crippen molar-refractivity contribution in [3.05, 3.63) is 29.3 Å². The van der Waals surface area contributed by atoms with Crippen molar-refractivity contribution in [3.8, 4) is 0 Å². The average molecular weight is 205 g/mol. The Bertz CT molecular complexity index is 375. The van der Waals surface area contributed by atoms with Gasteiger partial charge in [-0.1, -0.05) is 17.7 Å². The van der Waals surface area contributed by atoms with Crippen molar-refractivity contribution in [2.45, 2.75) is 0 Å². The van der Waals surface area contributed by atoms with E-state index in [0.717, 1.165) is 6.26 Å². The summed E-state index contributed by atoms with van der Waals surface area (Å²) in [6.07, 6.45) is 1.07. The van der Waals surface area contributed by atoms with Crippen molar-refractivity contribution in [1.82, 2.24) is 0 Å². The van der Waals surface area contributed by atoms with Crippen LogP contribution in [0.25, 0.3) is 0 Å².